The first-order valence-electron chi connectivity index (χ1n) is 9.31. The highest BCUT2D eigenvalue weighted by Gasteiger charge is 2.35. The Morgan fingerprint density at radius 2 is 2.28 bits per heavy atom. The van der Waals surface area contributed by atoms with Crippen molar-refractivity contribution >= 4 is 51.7 Å². The number of anilines is 1. The predicted octanol–water partition coefficient (Wildman–Crippen LogP) is 2.67. The van der Waals surface area contributed by atoms with Crippen LogP contribution in [0.4, 0.5) is 5.82 Å². The molecule has 150 valence electrons. The van der Waals surface area contributed by atoms with Gasteiger partial charge in [-0.25, -0.2) is 4.98 Å². The molecule has 2 aromatic rings. The lowest BCUT2D eigenvalue weighted by molar-refractivity contribution is -0.123. The van der Waals surface area contributed by atoms with Crippen molar-refractivity contribution in [3.8, 4) is 0 Å². The number of thioether (sulfide) groups is 1. The van der Waals surface area contributed by atoms with Gasteiger partial charge in [0.2, 0.25) is 0 Å². The highest BCUT2D eigenvalue weighted by molar-refractivity contribution is 8.26. The largest absolute Gasteiger partial charge is 0.376 e. The van der Waals surface area contributed by atoms with Gasteiger partial charge in [-0.05, 0) is 31.1 Å². The predicted molar refractivity (Wildman–Crippen MR) is 119 cm³/mol. The highest BCUT2D eigenvalue weighted by atomic mass is 32.2. The third kappa shape index (κ3) is 3.98. The molecule has 2 fully saturated rings. The number of nitrogens with zero attached hydrogens (tertiary/aromatic N) is 3. The molecule has 2 saturated heterocycles. The average Bonchev–Trinajstić information content (AvgIpc) is 3.33. The van der Waals surface area contributed by atoms with E-state index in [1.165, 1.54) is 16.2 Å². The van der Waals surface area contributed by atoms with Crippen molar-refractivity contribution in [3.05, 3.63) is 57.9 Å². The Hall–Kier alpha value is -2.49. The van der Waals surface area contributed by atoms with Crippen LogP contribution in [0.3, 0.4) is 0 Å². The van der Waals surface area contributed by atoms with E-state index in [2.05, 4.69) is 16.9 Å². The van der Waals surface area contributed by atoms with E-state index in [9.17, 15) is 9.59 Å². The molecule has 2 aliphatic heterocycles. The van der Waals surface area contributed by atoms with Crippen molar-refractivity contribution in [2.75, 3.05) is 25.0 Å². The lowest BCUT2D eigenvalue weighted by Crippen LogP contribution is -2.35. The van der Waals surface area contributed by atoms with Crippen LogP contribution in [-0.4, -0.2) is 50.3 Å². The maximum absolute atomic E-state index is 13.1. The molecule has 4 heterocycles. The van der Waals surface area contributed by atoms with E-state index in [4.69, 9.17) is 17.0 Å². The minimum atomic E-state index is -0.258. The SMILES string of the molecule is C=CCNc1nc2ccccn2c(=O)c1C=C1SC(=S)N(CC2CCCO2)C1=O. The summed E-state index contributed by atoms with van der Waals surface area (Å²) in [5, 5.41) is 3.09. The van der Waals surface area contributed by atoms with Crippen LogP contribution in [0.15, 0.2) is 46.8 Å². The molecule has 0 aromatic carbocycles. The van der Waals surface area contributed by atoms with Crippen molar-refractivity contribution in [2.24, 2.45) is 0 Å². The number of ether oxygens (including phenoxy) is 1. The second-order valence-corrected chi connectivity index (χ2v) is 8.38. The van der Waals surface area contributed by atoms with E-state index in [1.54, 1.807) is 35.4 Å². The fraction of sp³-hybridized carbons (Fsp3) is 0.300. The second-order valence-electron chi connectivity index (χ2n) is 6.70. The topological polar surface area (TPSA) is 75.9 Å². The van der Waals surface area contributed by atoms with Crippen molar-refractivity contribution < 1.29 is 9.53 Å². The maximum Gasteiger partial charge on any atom is 0.267 e. The minimum Gasteiger partial charge on any atom is -0.376 e. The molecule has 9 heteroatoms. The third-order valence-corrected chi connectivity index (χ3v) is 6.12. The molecule has 1 unspecified atom stereocenters. The van der Waals surface area contributed by atoms with Gasteiger partial charge in [-0.1, -0.05) is 36.1 Å². The van der Waals surface area contributed by atoms with Crippen molar-refractivity contribution in [3.63, 3.8) is 0 Å². The summed E-state index contributed by atoms with van der Waals surface area (Å²) in [4.78, 5) is 32.5. The number of hydrogen-bond acceptors (Lipinski definition) is 7. The lowest BCUT2D eigenvalue weighted by Gasteiger charge is -2.18. The molecule has 4 rings (SSSR count). The fourth-order valence-corrected chi connectivity index (χ4v) is 4.57. The van der Waals surface area contributed by atoms with Crippen LogP contribution in [-0.2, 0) is 9.53 Å². The number of carbonyl (C=O) groups is 1. The third-order valence-electron chi connectivity index (χ3n) is 4.74. The van der Waals surface area contributed by atoms with Crippen LogP contribution >= 0.6 is 24.0 Å². The van der Waals surface area contributed by atoms with Gasteiger partial charge in [0, 0.05) is 19.3 Å². The maximum atomic E-state index is 13.1. The van der Waals surface area contributed by atoms with Crippen molar-refractivity contribution in [2.45, 2.75) is 18.9 Å². The Labute approximate surface area is 177 Å². The Morgan fingerprint density at radius 1 is 1.41 bits per heavy atom. The quantitative estimate of drug-likeness (QED) is 0.431. The van der Waals surface area contributed by atoms with Crippen LogP contribution in [0.1, 0.15) is 18.4 Å². The van der Waals surface area contributed by atoms with Crippen molar-refractivity contribution in [1.82, 2.24) is 14.3 Å². The molecular formula is C20H20N4O3S2. The fourth-order valence-electron chi connectivity index (χ4n) is 3.32. The molecule has 0 spiro atoms. The molecule has 2 aliphatic rings. The highest BCUT2D eigenvalue weighted by Crippen LogP contribution is 2.34. The zero-order chi connectivity index (χ0) is 20.4. The van der Waals surface area contributed by atoms with E-state index in [0.29, 0.717) is 46.0 Å². The van der Waals surface area contributed by atoms with E-state index in [-0.39, 0.29) is 17.6 Å². The number of fused-ring (bicyclic) bond motifs is 1. The smallest absolute Gasteiger partial charge is 0.267 e. The Morgan fingerprint density at radius 3 is 3.03 bits per heavy atom. The minimum absolute atomic E-state index is 0.00892. The first-order chi connectivity index (χ1) is 14.1. The van der Waals surface area contributed by atoms with E-state index >= 15 is 0 Å². The van der Waals surface area contributed by atoms with Crippen LogP contribution in [0, 0.1) is 0 Å². The summed E-state index contributed by atoms with van der Waals surface area (Å²) in [6, 6.07) is 5.33. The number of hydrogen-bond donors (Lipinski definition) is 1. The number of rotatable bonds is 6. The molecule has 2 aromatic heterocycles. The number of amides is 1. The molecule has 0 saturated carbocycles. The summed E-state index contributed by atoms with van der Waals surface area (Å²) >= 11 is 6.60. The number of carbonyl (C=O) groups excluding carboxylic acids is 1. The normalized spacial score (nSPS) is 20.8. The first-order valence-corrected chi connectivity index (χ1v) is 10.5. The molecular weight excluding hydrogens is 408 g/mol. The molecule has 0 aliphatic carbocycles. The summed E-state index contributed by atoms with van der Waals surface area (Å²) in [6.07, 6.45) is 6.83. The van der Waals surface area contributed by atoms with Crippen LogP contribution in [0.2, 0.25) is 0 Å². The second kappa shape index (κ2) is 8.48. The van der Waals surface area contributed by atoms with Gasteiger partial charge in [-0.2, -0.15) is 0 Å². The lowest BCUT2D eigenvalue weighted by atomic mass is 10.2. The summed E-state index contributed by atoms with van der Waals surface area (Å²) in [5.41, 5.74) is 0.576. The zero-order valence-corrected chi connectivity index (χ0v) is 17.3. The van der Waals surface area contributed by atoms with Gasteiger partial charge in [0.05, 0.1) is 23.1 Å². The van der Waals surface area contributed by atoms with Crippen molar-refractivity contribution in [1.29, 1.82) is 0 Å². The van der Waals surface area contributed by atoms with Gasteiger partial charge < -0.3 is 10.1 Å². The summed E-state index contributed by atoms with van der Waals surface area (Å²) in [6.45, 7) is 5.29. The van der Waals surface area contributed by atoms with Gasteiger partial charge >= 0.3 is 0 Å². The monoisotopic (exact) mass is 428 g/mol. The van der Waals surface area contributed by atoms with Gasteiger partial charge in [-0.15, -0.1) is 6.58 Å². The van der Waals surface area contributed by atoms with Crippen LogP contribution < -0.4 is 10.9 Å². The number of aromatic nitrogens is 2. The van der Waals surface area contributed by atoms with E-state index in [1.807, 2.05) is 6.07 Å². The summed E-state index contributed by atoms with van der Waals surface area (Å²) in [7, 11) is 0. The number of pyridine rings is 1. The van der Waals surface area contributed by atoms with Gasteiger partial charge in [-0.3, -0.25) is 18.9 Å². The molecule has 1 atom stereocenters. The Kier molecular flexibility index (Phi) is 5.79. The first kappa shape index (κ1) is 19.8. The molecule has 7 nitrogen and oxygen atoms in total. The standard InChI is InChI=1S/C20H20N4O3S2/c1-2-8-21-17-14(18(25)23-9-4-3-7-16(23)22-17)11-15-19(26)24(20(28)29-15)12-13-6-5-10-27-13/h2-4,7,9,11,13,21H,1,5-6,8,10,12H2. The molecule has 1 N–H and O–H groups in total. The summed E-state index contributed by atoms with van der Waals surface area (Å²) < 4.78 is 7.57. The molecule has 1 amide bonds. The van der Waals surface area contributed by atoms with E-state index in [0.717, 1.165) is 12.8 Å². The van der Waals surface area contributed by atoms with Gasteiger partial charge in [0.15, 0.2) is 0 Å². The summed E-state index contributed by atoms with van der Waals surface area (Å²) in [5.74, 6) is 0.202. The van der Waals surface area contributed by atoms with Gasteiger partial charge in [0.1, 0.15) is 15.8 Å². The van der Waals surface area contributed by atoms with Crippen LogP contribution in [0.25, 0.3) is 11.7 Å². The molecule has 0 radical (unpaired) electrons. The molecule has 29 heavy (non-hydrogen) atoms. The Bertz CT molecular complexity index is 1070. The van der Waals surface area contributed by atoms with E-state index < -0.39 is 0 Å². The number of nitrogens with one attached hydrogen (secondary N) is 1. The average molecular weight is 429 g/mol. The number of thiocarbonyl (C=S) groups is 1. The Balaban J connectivity index is 1.71. The molecule has 0 bridgehead atoms. The zero-order valence-electron chi connectivity index (χ0n) is 15.7. The van der Waals surface area contributed by atoms with Crippen LogP contribution in [0.5, 0.6) is 0 Å². The van der Waals surface area contributed by atoms with Gasteiger partial charge in [0.25, 0.3) is 11.5 Å².